The SMILES string of the molecule is O=c1ccc2cc3c(cc2o1)OCC3. The summed E-state index contributed by atoms with van der Waals surface area (Å²) in [5.74, 6) is 0.840. The molecule has 1 aromatic carbocycles. The van der Waals surface area contributed by atoms with E-state index in [0.717, 1.165) is 24.2 Å². The van der Waals surface area contributed by atoms with Gasteiger partial charge in [-0.25, -0.2) is 4.79 Å². The monoisotopic (exact) mass is 188 g/mol. The fourth-order valence-electron chi connectivity index (χ4n) is 1.74. The Hall–Kier alpha value is -1.77. The van der Waals surface area contributed by atoms with E-state index in [2.05, 4.69) is 0 Å². The van der Waals surface area contributed by atoms with Crippen LogP contribution < -0.4 is 10.4 Å². The largest absolute Gasteiger partial charge is 0.493 e. The first-order chi connectivity index (χ1) is 6.83. The summed E-state index contributed by atoms with van der Waals surface area (Å²) in [6.45, 7) is 0.718. The number of rotatable bonds is 0. The van der Waals surface area contributed by atoms with Crippen LogP contribution in [0.3, 0.4) is 0 Å². The van der Waals surface area contributed by atoms with Crippen molar-refractivity contribution in [2.75, 3.05) is 6.61 Å². The molecule has 14 heavy (non-hydrogen) atoms. The highest BCUT2D eigenvalue weighted by atomic mass is 16.5. The standard InChI is InChI=1S/C11H8O3/c12-11-2-1-7-5-8-3-4-13-9(8)6-10(7)14-11/h1-2,5-6H,3-4H2. The molecule has 0 spiro atoms. The first-order valence-corrected chi connectivity index (χ1v) is 4.52. The van der Waals surface area contributed by atoms with E-state index in [-0.39, 0.29) is 5.63 Å². The molecule has 0 amide bonds. The molecular formula is C11H8O3. The highest BCUT2D eigenvalue weighted by Gasteiger charge is 2.13. The summed E-state index contributed by atoms with van der Waals surface area (Å²) >= 11 is 0. The number of ether oxygens (including phenoxy) is 1. The molecule has 0 bridgehead atoms. The van der Waals surface area contributed by atoms with Crippen molar-refractivity contribution in [3.63, 3.8) is 0 Å². The van der Waals surface area contributed by atoms with E-state index in [9.17, 15) is 4.79 Å². The first-order valence-electron chi connectivity index (χ1n) is 4.52. The van der Waals surface area contributed by atoms with Crippen LogP contribution in [-0.2, 0) is 6.42 Å². The molecule has 1 aromatic heterocycles. The van der Waals surface area contributed by atoms with Crippen LogP contribution >= 0.6 is 0 Å². The quantitative estimate of drug-likeness (QED) is 0.591. The average molecular weight is 188 g/mol. The molecule has 0 saturated carbocycles. The maximum Gasteiger partial charge on any atom is 0.336 e. The van der Waals surface area contributed by atoms with Gasteiger partial charge in [-0.05, 0) is 17.7 Å². The van der Waals surface area contributed by atoms with E-state index in [4.69, 9.17) is 9.15 Å². The second-order valence-corrected chi connectivity index (χ2v) is 3.35. The van der Waals surface area contributed by atoms with Crippen molar-refractivity contribution in [1.82, 2.24) is 0 Å². The Morgan fingerprint density at radius 1 is 1.21 bits per heavy atom. The minimum atomic E-state index is -0.324. The molecule has 0 unspecified atom stereocenters. The molecule has 0 aliphatic carbocycles. The lowest BCUT2D eigenvalue weighted by Crippen LogP contribution is -1.94. The third kappa shape index (κ3) is 1.02. The van der Waals surface area contributed by atoms with E-state index in [1.807, 2.05) is 6.07 Å². The van der Waals surface area contributed by atoms with Gasteiger partial charge in [0.15, 0.2) is 0 Å². The Morgan fingerprint density at radius 2 is 2.14 bits per heavy atom. The van der Waals surface area contributed by atoms with Gasteiger partial charge in [-0.15, -0.1) is 0 Å². The summed E-state index contributed by atoms with van der Waals surface area (Å²) in [5.41, 5.74) is 1.46. The fourth-order valence-corrected chi connectivity index (χ4v) is 1.74. The molecule has 3 nitrogen and oxygen atoms in total. The third-order valence-electron chi connectivity index (χ3n) is 2.43. The van der Waals surface area contributed by atoms with Gasteiger partial charge in [0.25, 0.3) is 0 Å². The lowest BCUT2D eigenvalue weighted by molar-refractivity contribution is 0.356. The topological polar surface area (TPSA) is 39.4 Å². The van der Waals surface area contributed by atoms with E-state index < -0.39 is 0 Å². The molecule has 3 heteroatoms. The maximum absolute atomic E-state index is 11.0. The van der Waals surface area contributed by atoms with Gasteiger partial charge in [0.2, 0.25) is 0 Å². The lowest BCUT2D eigenvalue weighted by Gasteiger charge is -2.00. The molecule has 2 aromatic rings. The number of hydrogen-bond acceptors (Lipinski definition) is 3. The Labute approximate surface area is 79.9 Å². The van der Waals surface area contributed by atoms with E-state index >= 15 is 0 Å². The molecule has 2 heterocycles. The predicted molar refractivity (Wildman–Crippen MR) is 51.7 cm³/mol. The lowest BCUT2D eigenvalue weighted by atomic mass is 10.1. The summed E-state index contributed by atoms with van der Waals surface area (Å²) < 4.78 is 10.4. The Morgan fingerprint density at radius 3 is 3.07 bits per heavy atom. The van der Waals surface area contributed by atoms with Gasteiger partial charge in [-0.3, -0.25) is 0 Å². The zero-order valence-corrected chi connectivity index (χ0v) is 7.45. The van der Waals surface area contributed by atoms with Gasteiger partial charge < -0.3 is 9.15 Å². The molecule has 0 N–H and O–H groups in total. The van der Waals surface area contributed by atoms with Gasteiger partial charge in [0.05, 0.1) is 6.61 Å². The normalized spacial score (nSPS) is 14.0. The average Bonchev–Trinajstić information content (AvgIpc) is 2.61. The van der Waals surface area contributed by atoms with Crippen molar-refractivity contribution in [2.24, 2.45) is 0 Å². The smallest absolute Gasteiger partial charge is 0.336 e. The predicted octanol–water partition coefficient (Wildman–Crippen LogP) is 1.73. The Kier molecular flexibility index (Phi) is 1.42. The van der Waals surface area contributed by atoms with Crippen LogP contribution in [0.2, 0.25) is 0 Å². The number of benzene rings is 1. The van der Waals surface area contributed by atoms with Crippen LogP contribution in [0.15, 0.2) is 33.5 Å². The second kappa shape index (κ2) is 2.61. The maximum atomic E-state index is 11.0. The molecular weight excluding hydrogens is 180 g/mol. The summed E-state index contributed by atoms with van der Waals surface area (Å²) in [5, 5.41) is 0.953. The van der Waals surface area contributed by atoms with Gasteiger partial charge in [0.1, 0.15) is 11.3 Å². The first kappa shape index (κ1) is 7.62. The van der Waals surface area contributed by atoms with E-state index in [1.165, 1.54) is 11.6 Å². The third-order valence-corrected chi connectivity index (χ3v) is 2.43. The van der Waals surface area contributed by atoms with Crippen molar-refractivity contribution in [2.45, 2.75) is 6.42 Å². The van der Waals surface area contributed by atoms with E-state index in [1.54, 1.807) is 12.1 Å². The fraction of sp³-hybridized carbons (Fsp3) is 0.182. The summed E-state index contributed by atoms with van der Waals surface area (Å²) in [6.07, 6.45) is 0.935. The molecule has 70 valence electrons. The molecule has 0 fully saturated rings. The van der Waals surface area contributed by atoms with Crippen LogP contribution in [0.5, 0.6) is 5.75 Å². The summed E-state index contributed by atoms with van der Waals surface area (Å²) in [7, 11) is 0. The van der Waals surface area contributed by atoms with Crippen molar-refractivity contribution < 1.29 is 9.15 Å². The van der Waals surface area contributed by atoms with E-state index in [0.29, 0.717) is 5.58 Å². The van der Waals surface area contributed by atoms with Crippen LogP contribution in [0.4, 0.5) is 0 Å². The molecule has 0 saturated heterocycles. The van der Waals surface area contributed by atoms with Gasteiger partial charge in [0, 0.05) is 23.9 Å². The second-order valence-electron chi connectivity index (χ2n) is 3.35. The van der Waals surface area contributed by atoms with Gasteiger partial charge in [-0.2, -0.15) is 0 Å². The number of hydrogen-bond donors (Lipinski definition) is 0. The van der Waals surface area contributed by atoms with Crippen LogP contribution in [0.25, 0.3) is 11.0 Å². The minimum Gasteiger partial charge on any atom is -0.493 e. The van der Waals surface area contributed by atoms with Crippen LogP contribution in [0, 0.1) is 0 Å². The number of fused-ring (bicyclic) bond motifs is 2. The summed E-state index contributed by atoms with van der Waals surface area (Å²) in [4.78, 5) is 11.0. The highest BCUT2D eigenvalue weighted by molar-refractivity contribution is 5.79. The molecule has 3 rings (SSSR count). The van der Waals surface area contributed by atoms with Gasteiger partial charge >= 0.3 is 5.63 Å². The van der Waals surface area contributed by atoms with Crippen LogP contribution in [-0.4, -0.2) is 6.61 Å². The Balaban J connectivity index is 2.39. The molecule has 1 aliphatic heterocycles. The zero-order valence-electron chi connectivity index (χ0n) is 7.45. The minimum absolute atomic E-state index is 0.324. The van der Waals surface area contributed by atoms with Crippen LogP contribution in [0.1, 0.15) is 5.56 Å². The van der Waals surface area contributed by atoms with Crippen molar-refractivity contribution in [3.05, 3.63) is 40.2 Å². The van der Waals surface area contributed by atoms with Crippen molar-refractivity contribution in [1.29, 1.82) is 0 Å². The Bertz CT molecular complexity index is 554. The highest BCUT2D eigenvalue weighted by Crippen LogP contribution is 2.29. The summed E-state index contributed by atoms with van der Waals surface area (Å²) in [6, 6.07) is 7.02. The molecule has 1 aliphatic rings. The van der Waals surface area contributed by atoms with Gasteiger partial charge in [-0.1, -0.05) is 0 Å². The molecule has 0 atom stereocenters. The zero-order chi connectivity index (χ0) is 9.54. The van der Waals surface area contributed by atoms with Crippen molar-refractivity contribution >= 4 is 11.0 Å². The van der Waals surface area contributed by atoms with Crippen molar-refractivity contribution in [3.8, 4) is 5.75 Å². The molecule has 0 radical (unpaired) electrons.